The molecule has 0 saturated heterocycles. The van der Waals surface area contributed by atoms with Gasteiger partial charge in [0.05, 0.1) is 11.4 Å². The van der Waals surface area contributed by atoms with Crippen LogP contribution in [0.3, 0.4) is 0 Å². The zero-order chi connectivity index (χ0) is 20.1. The topological polar surface area (TPSA) is 68.9 Å². The minimum atomic E-state index is -0.261. The number of fused-ring (bicyclic) bond motifs is 2. The molecule has 2 aromatic carbocycles. The Labute approximate surface area is 167 Å². The van der Waals surface area contributed by atoms with E-state index in [-0.39, 0.29) is 23.2 Å². The van der Waals surface area contributed by atoms with Gasteiger partial charge < -0.3 is 9.88 Å². The number of aromatic nitrogens is 3. The fourth-order valence-corrected chi connectivity index (χ4v) is 3.99. The largest absolute Gasteiger partial charge is 0.362 e. The van der Waals surface area contributed by atoms with Gasteiger partial charge in [0.15, 0.2) is 5.82 Å². The van der Waals surface area contributed by atoms with Crippen LogP contribution in [0, 0.1) is 0 Å². The molecule has 29 heavy (non-hydrogen) atoms. The van der Waals surface area contributed by atoms with Gasteiger partial charge in [-0.2, -0.15) is 5.10 Å². The first kappa shape index (κ1) is 17.7. The predicted molar refractivity (Wildman–Crippen MR) is 116 cm³/mol. The number of hydrogen-bond acceptors (Lipinski definition) is 4. The molecule has 0 unspecified atom stereocenters. The average molecular weight is 386 g/mol. The van der Waals surface area contributed by atoms with Gasteiger partial charge in [-0.15, -0.1) is 0 Å². The van der Waals surface area contributed by atoms with Crippen LogP contribution in [-0.4, -0.2) is 14.3 Å². The Kier molecular flexibility index (Phi) is 4.01. The third kappa shape index (κ3) is 3.01. The molecule has 1 aliphatic carbocycles. The number of hydrogen-bond donors (Lipinski definition) is 1. The third-order valence-corrected chi connectivity index (χ3v) is 5.69. The van der Waals surface area contributed by atoms with Crippen molar-refractivity contribution in [2.24, 2.45) is 7.05 Å². The minimum absolute atomic E-state index is 0.0318. The van der Waals surface area contributed by atoms with Gasteiger partial charge in [0.2, 0.25) is 0 Å². The van der Waals surface area contributed by atoms with E-state index in [0.29, 0.717) is 16.6 Å². The molecule has 0 bridgehead atoms. The fraction of sp³-hybridized carbons (Fsp3) is 0.261. The molecule has 0 spiro atoms. The van der Waals surface area contributed by atoms with Gasteiger partial charge in [-0.25, -0.2) is 4.68 Å². The zero-order valence-corrected chi connectivity index (χ0v) is 16.4. The second-order valence-electron chi connectivity index (χ2n) is 7.79. The monoisotopic (exact) mass is 386 g/mol. The normalized spacial score (nSPS) is 15.0. The van der Waals surface area contributed by atoms with E-state index in [0.717, 1.165) is 18.4 Å². The van der Waals surface area contributed by atoms with Crippen LogP contribution in [0.25, 0.3) is 21.5 Å². The van der Waals surface area contributed by atoms with Crippen molar-refractivity contribution in [2.75, 3.05) is 5.32 Å². The molecule has 1 fully saturated rings. The van der Waals surface area contributed by atoms with Gasteiger partial charge in [-0.05, 0) is 36.1 Å². The lowest BCUT2D eigenvalue weighted by molar-refractivity contribution is 0.698. The van der Waals surface area contributed by atoms with Crippen molar-refractivity contribution in [3.05, 3.63) is 81.0 Å². The van der Waals surface area contributed by atoms with E-state index in [2.05, 4.69) is 41.6 Å². The number of rotatable bonds is 4. The van der Waals surface area contributed by atoms with Crippen LogP contribution in [0.15, 0.2) is 64.3 Å². The van der Waals surface area contributed by atoms with E-state index in [1.807, 2.05) is 18.2 Å². The van der Waals surface area contributed by atoms with E-state index in [1.165, 1.54) is 21.5 Å². The molecule has 5 rings (SSSR count). The lowest BCUT2D eigenvalue weighted by atomic mass is 9.99. The van der Waals surface area contributed by atoms with Crippen molar-refractivity contribution in [1.29, 1.82) is 0 Å². The maximum Gasteiger partial charge on any atom is 0.274 e. The Morgan fingerprint density at radius 3 is 2.59 bits per heavy atom. The number of nitrogens with one attached hydrogen (secondary N) is 1. The summed E-state index contributed by atoms with van der Waals surface area (Å²) in [5.74, 6) is 0.608. The smallest absolute Gasteiger partial charge is 0.274 e. The molecule has 0 aliphatic heterocycles. The van der Waals surface area contributed by atoms with Crippen molar-refractivity contribution in [1.82, 2.24) is 14.3 Å². The SMILES string of the molecule is C[C@@H](Nc1nn(C)c(=O)c2cc(=O)n(C3CC3)cc12)c1cccc2ccccc12. The first-order valence-electron chi connectivity index (χ1n) is 9.90. The number of nitrogens with zero attached hydrogens (tertiary/aromatic N) is 3. The van der Waals surface area contributed by atoms with Crippen molar-refractivity contribution < 1.29 is 0 Å². The van der Waals surface area contributed by atoms with Crippen molar-refractivity contribution >= 4 is 27.4 Å². The highest BCUT2D eigenvalue weighted by atomic mass is 16.1. The Hall–Kier alpha value is -3.41. The summed E-state index contributed by atoms with van der Waals surface area (Å²) in [5, 5.41) is 11.4. The van der Waals surface area contributed by atoms with Gasteiger partial charge in [0.1, 0.15) is 0 Å². The third-order valence-electron chi connectivity index (χ3n) is 5.69. The first-order chi connectivity index (χ1) is 14.0. The molecule has 0 radical (unpaired) electrons. The Balaban J connectivity index is 1.64. The van der Waals surface area contributed by atoms with Crippen LogP contribution in [0.2, 0.25) is 0 Å². The fourth-order valence-electron chi connectivity index (χ4n) is 3.99. The molecule has 0 amide bonds. The summed E-state index contributed by atoms with van der Waals surface area (Å²) >= 11 is 0. The standard InChI is InChI=1S/C23H22N4O2/c1-14(17-9-5-7-15-6-3-4-8-18(15)17)24-22-20-13-27(16-10-11-16)21(28)12-19(20)23(29)26(2)25-22/h3-9,12-14,16H,10-11H2,1-2H3,(H,24,25)/t14-/m1/s1. The summed E-state index contributed by atoms with van der Waals surface area (Å²) in [6, 6.07) is 16.2. The van der Waals surface area contributed by atoms with Crippen LogP contribution < -0.4 is 16.4 Å². The summed E-state index contributed by atoms with van der Waals surface area (Å²) in [6.07, 6.45) is 3.79. The van der Waals surface area contributed by atoms with Crippen molar-refractivity contribution in [2.45, 2.75) is 31.8 Å². The lowest BCUT2D eigenvalue weighted by Crippen LogP contribution is -2.26. The maximum absolute atomic E-state index is 12.6. The molecule has 6 heteroatoms. The minimum Gasteiger partial charge on any atom is -0.362 e. The van der Waals surface area contributed by atoms with E-state index in [9.17, 15) is 9.59 Å². The zero-order valence-electron chi connectivity index (χ0n) is 16.4. The van der Waals surface area contributed by atoms with E-state index in [1.54, 1.807) is 17.8 Å². The Morgan fingerprint density at radius 1 is 1.03 bits per heavy atom. The summed E-state index contributed by atoms with van der Waals surface area (Å²) in [4.78, 5) is 25.0. The summed E-state index contributed by atoms with van der Waals surface area (Å²) in [6.45, 7) is 2.08. The maximum atomic E-state index is 12.6. The number of anilines is 1. The van der Waals surface area contributed by atoms with Crippen LogP contribution >= 0.6 is 0 Å². The molecule has 1 atom stereocenters. The van der Waals surface area contributed by atoms with Crippen LogP contribution in [0.1, 0.15) is 37.4 Å². The molecular formula is C23H22N4O2. The molecule has 146 valence electrons. The molecular weight excluding hydrogens is 364 g/mol. The quantitative estimate of drug-likeness (QED) is 0.580. The molecule has 1 saturated carbocycles. The van der Waals surface area contributed by atoms with Crippen molar-refractivity contribution in [3.63, 3.8) is 0 Å². The Bertz CT molecular complexity index is 1360. The molecule has 4 aromatic rings. The number of benzene rings is 2. The summed E-state index contributed by atoms with van der Waals surface area (Å²) in [7, 11) is 1.61. The second kappa shape index (κ2) is 6.58. The first-order valence-corrected chi connectivity index (χ1v) is 9.90. The van der Waals surface area contributed by atoms with E-state index >= 15 is 0 Å². The van der Waals surface area contributed by atoms with E-state index in [4.69, 9.17) is 0 Å². The van der Waals surface area contributed by atoms with Crippen LogP contribution in [-0.2, 0) is 7.05 Å². The molecule has 1 N–H and O–H groups in total. The summed E-state index contributed by atoms with van der Waals surface area (Å²) in [5.41, 5.74) is 0.766. The highest BCUT2D eigenvalue weighted by Gasteiger charge is 2.25. The van der Waals surface area contributed by atoms with E-state index < -0.39 is 0 Å². The lowest BCUT2D eigenvalue weighted by Gasteiger charge is -2.19. The molecule has 2 heterocycles. The molecule has 1 aliphatic rings. The van der Waals surface area contributed by atoms with Gasteiger partial charge in [0, 0.05) is 30.7 Å². The van der Waals surface area contributed by atoms with Gasteiger partial charge >= 0.3 is 0 Å². The highest BCUT2D eigenvalue weighted by Crippen LogP contribution is 2.34. The predicted octanol–water partition coefficient (Wildman–Crippen LogP) is 3.76. The molecule has 2 aromatic heterocycles. The number of aryl methyl sites for hydroxylation is 1. The highest BCUT2D eigenvalue weighted by molar-refractivity contribution is 5.91. The average Bonchev–Trinajstić information content (AvgIpc) is 3.56. The number of pyridine rings is 1. The van der Waals surface area contributed by atoms with Crippen LogP contribution in [0.4, 0.5) is 5.82 Å². The van der Waals surface area contributed by atoms with Crippen molar-refractivity contribution in [3.8, 4) is 0 Å². The van der Waals surface area contributed by atoms with Gasteiger partial charge in [-0.1, -0.05) is 42.5 Å². The summed E-state index contributed by atoms with van der Waals surface area (Å²) < 4.78 is 3.03. The second-order valence-corrected chi connectivity index (χ2v) is 7.79. The molecule has 6 nitrogen and oxygen atoms in total. The van der Waals surface area contributed by atoms with Gasteiger partial charge in [0.25, 0.3) is 11.1 Å². The van der Waals surface area contributed by atoms with Crippen LogP contribution in [0.5, 0.6) is 0 Å². The Morgan fingerprint density at radius 2 is 1.79 bits per heavy atom. The van der Waals surface area contributed by atoms with Gasteiger partial charge in [-0.3, -0.25) is 9.59 Å².